The Morgan fingerprint density at radius 3 is 2.64 bits per heavy atom. The molecule has 0 spiro atoms. The van der Waals surface area contributed by atoms with Crippen LogP contribution in [-0.2, 0) is 9.59 Å². The van der Waals surface area contributed by atoms with E-state index in [0.29, 0.717) is 17.9 Å². The molecule has 0 bridgehead atoms. The summed E-state index contributed by atoms with van der Waals surface area (Å²) in [5.41, 5.74) is 0.586. The standard InChI is InChI=1S/C25H31N3O5/c1-3-15-28(22(29)17-26-24(30)21-14-9-16-33-21)23(25(31)27-18-10-5-6-11-18)19-12-7-8-13-20(19)32-4-2/h3,7-9,12-14,16,18,23H,1,4-6,10-11,15,17H2,2H3,(H,26,30)(H,27,31)/t23-/m0/s1. The maximum atomic E-state index is 13.5. The summed E-state index contributed by atoms with van der Waals surface area (Å²) in [6, 6.07) is 9.45. The summed E-state index contributed by atoms with van der Waals surface area (Å²) >= 11 is 0. The third kappa shape index (κ3) is 6.25. The van der Waals surface area contributed by atoms with Gasteiger partial charge in [-0.25, -0.2) is 0 Å². The van der Waals surface area contributed by atoms with Gasteiger partial charge in [-0.3, -0.25) is 14.4 Å². The number of nitrogens with one attached hydrogen (secondary N) is 2. The largest absolute Gasteiger partial charge is 0.494 e. The van der Waals surface area contributed by atoms with Crippen LogP contribution in [0.15, 0.2) is 59.7 Å². The fourth-order valence-corrected chi connectivity index (χ4v) is 4.04. The van der Waals surface area contributed by atoms with Gasteiger partial charge in [0.25, 0.3) is 5.91 Å². The Bertz CT molecular complexity index is 951. The summed E-state index contributed by atoms with van der Waals surface area (Å²) in [4.78, 5) is 40.4. The molecule has 0 aliphatic heterocycles. The summed E-state index contributed by atoms with van der Waals surface area (Å²) in [5, 5.41) is 5.66. The second-order valence-electron chi connectivity index (χ2n) is 7.86. The monoisotopic (exact) mass is 453 g/mol. The molecule has 176 valence electrons. The molecule has 1 fully saturated rings. The van der Waals surface area contributed by atoms with E-state index in [1.54, 1.807) is 24.3 Å². The van der Waals surface area contributed by atoms with Crippen LogP contribution in [0.1, 0.15) is 54.8 Å². The van der Waals surface area contributed by atoms with Crippen molar-refractivity contribution in [2.45, 2.75) is 44.7 Å². The molecule has 1 aliphatic carbocycles. The number of carbonyl (C=O) groups excluding carboxylic acids is 3. The van der Waals surface area contributed by atoms with E-state index in [1.807, 2.05) is 19.1 Å². The minimum atomic E-state index is -0.931. The maximum Gasteiger partial charge on any atom is 0.287 e. The van der Waals surface area contributed by atoms with Crippen LogP contribution in [0.25, 0.3) is 0 Å². The second-order valence-corrected chi connectivity index (χ2v) is 7.86. The van der Waals surface area contributed by atoms with Crippen molar-refractivity contribution in [1.29, 1.82) is 0 Å². The van der Waals surface area contributed by atoms with E-state index in [1.165, 1.54) is 17.2 Å². The van der Waals surface area contributed by atoms with Gasteiger partial charge in [0, 0.05) is 18.2 Å². The molecule has 0 unspecified atom stereocenters. The molecular formula is C25H31N3O5. The van der Waals surface area contributed by atoms with E-state index in [0.717, 1.165) is 25.7 Å². The maximum absolute atomic E-state index is 13.5. The number of hydrogen-bond donors (Lipinski definition) is 2. The lowest BCUT2D eigenvalue weighted by Crippen LogP contribution is -2.49. The number of hydrogen-bond acceptors (Lipinski definition) is 5. The Labute approximate surface area is 194 Å². The van der Waals surface area contributed by atoms with Crippen LogP contribution in [-0.4, -0.2) is 48.4 Å². The topological polar surface area (TPSA) is 101 Å². The molecule has 2 N–H and O–H groups in total. The average Bonchev–Trinajstić information content (AvgIpc) is 3.53. The van der Waals surface area contributed by atoms with Gasteiger partial charge in [0.2, 0.25) is 11.8 Å². The second kappa shape index (κ2) is 11.9. The number of nitrogens with zero attached hydrogens (tertiary/aromatic N) is 1. The van der Waals surface area contributed by atoms with Crippen molar-refractivity contribution < 1.29 is 23.5 Å². The van der Waals surface area contributed by atoms with Gasteiger partial charge in [0.05, 0.1) is 19.4 Å². The minimum absolute atomic E-state index is 0.0820. The first-order chi connectivity index (χ1) is 16.0. The molecule has 1 aromatic heterocycles. The fourth-order valence-electron chi connectivity index (χ4n) is 4.04. The highest BCUT2D eigenvalue weighted by Crippen LogP contribution is 2.31. The van der Waals surface area contributed by atoms with E-state index in [2.05, 4.69) is 17.2 Å². The Morgan fingerprint density at radius 2 is 1.97 bits per heavy atom. The van der Waals surface area contributed by atoms with Crippen LogP contribution in [0, 0.1) is 0 Å². The molecule has 0 saturated heterocycles. The van der Waals surface area contributed by atoms with Gasteiger partial charge in [-0.15, -0.1) is 6.58 Å². The Balaban J connectivity index is 1.87. The predicted octanol–water partition coefficient (Wildman–Crippen LogP) is 3.22. The number of rotatable bonds is 11. The van der Waals surface area contributed by atoms with Crippen molar-refractivity contribution in [3.8, 4) is 5.75 Å². The lowest BCUT2D eigenvalue weighted by atomic mass is 10.0. The summed E-state index contributed by atoms with van der Waals surface area (Å²) in [6.45, 7) is 5.87. The van der Waals surface area contributed by atoms with Gasteiger partial charge in [-0.2, -0.15) is 0 Å². The van der Waals surface area contributed by atoms with Crippen molar-refractivity contribution >= 4 is 17.7 Å². The summed E-state index contributed by atoms with van der Waals surface area (Å²) in [5.74, 6) is -0.564. The SMILES string of the molecule is C=CCN(C(=O)CNC(=O)c1ccco1)[C@H](C(=O)NC1CCCC1)c1ccccc1OCC. The van der Waals surface area contributed by atoms with E-state index >= 15 is 0 Å². The number of para-hydroxylation sites is 1. The van der Waals surface area contributed by atoms with Crippen LogP contribution < -0.4 is 15.4 Å². The normalized spacial score (nSPS) is 14.3. The lowest BCUT2D eigenvalue weighted by Gasteiger charge is -2.32. The van der Waals surface area contributed by atoms with Gasteiger partial charge < -0.3 is 24.7 Å². The highest BCUT2D eigenvalue weighted by atomic mass is 16.5. The van der Waals surface area contributed by atoms with Gasteiger partial charge >= 0.3 is 0 Å². The summed E-state index contributed by atoms with van der Waals surface area (Å²) < 4.78 is 10.8. The first kappa shape index (κ1) is 24.1. The lowest BCUT2D eigenvalue weighted by molar-refractivity contribution is -0.139. The number of furan rings is 1. The van der Waals surface area contributed by atoms with E-state index in [-0.39, 0.29) is 30.8 Å². The van der Waals surface area contributed by atoms with Crippen molar-refractivity contribution in [2.75, 3.05) is 19.7 Å². The highest BCUT2D eigenvalue weighted by molar-refractivity contribution is 5.95. The summed E-state index contributed by atoms with van der Waals surface area (Å²) in [7, 11) is 0. The molecule has 0 radical (unpaired) electrons. The molecule has 3 amide bonds. The Kier molecular flexibility index (Phi) is 8.69. The van der Waals surface area contributed by atoms with Crippen LogP contribution in [0.2, 0.25) is 0 Å². The first-order valence-corrected chi connectivity index (χ1v) is 11.3. The number of carbonyl (C=O) groups is 3. The quantitative estimate of drug-likeness (QED) is 0.509. The Morgan fingerprint density at radius 1 is 1.21 bits per heavy atom. The minimum Gasteiger partial charge on any atom is -0.494 e. The van der Waals surface area contributed by atoms with Crippen LogP contribution in [0.4, 0.5) is 0 Å². The third-order valence-corrected chi connectivity index (χ3v) is 5.57. The van der Waals surface area contributed by atoms with E-state index in [4.69, 9.17) is 9.15 Å². The molecule has 8 nitrogen and oxygen atoms in total. The Hall–Kier alpha value is -3.55. The van der Waals surface area contributed by atoms with Gasteiger partial charge in [-0.1, -0.05) is 37.1 Å². The third-order valence-electron chi connectivity index (χ3n) is 5.57. The van der Waals surface area contributed by atoms with Gasteiger partial charge in [-0.05, 0) is 38.0 Å². The summed E-state index contributed by atoms with van der Waals surface area (Å²) in [6.07, 6.45) is 6.92. The molecule has 1 saturated carbocycles. The zero-order valence-electron chi connectivity index (χ0n) is 18.9. The molecule has 8 heteroatoms. The van der Waals surface area contributed by atoms with Crippen molar-refractivity contribution in [2.24, 2.45) is 0 Å². The van der Waals surface area contributed by atoms with Crippen LogP contribution in [0.5, 0.6) is 5.75 Å². The van der Waals surface area contributed by atoms with Gasteiger partial charge in [0.1, 0.15) is 11.8 Å². The van der Waals surface area contributed by atoms with E-state index < -0.39 is 17.9 Å². The highest BCUT2D eigenvalue weighted by Gasteiger charge is 2.34. The number of benzene rings is 1. The molecular weight excluding hydrogens is 422 g/mol. The molecule has 1 aromatic carbocycles. The van der Waals surface area contributed by atoms with Crippen molar-refractivity contribution in [3.63, 3.8) is 0 Å². The van der Waals surface area contributed by atoms with Crippen molar-refractivity contribution in [1.82, 2.24) is 15.5 Å². The van der Waals surface area contributed by atoms with Crippen molar-refractivity contribution in [3.05, 3.63) is 66.6 Å². The van der Waals surface area contributed by atoms with Crippen LogP contribution >= 0.6 is 0 Å². The average molecular weight is 454 g/mol. The first-order valence-electron chi connectivity index (χ1n) is 11.3. The van der Waals surface area contributed by atoms with Crippen LogP contribution in [0.3, 0.4) is 0 Å². The molecule has 1 heterocycles. The molecule has 2 aromatic rings. The molecule has 1 atom stereocenters. The number of amides is 3. The zero-order valence-corrected chi connectivity index (χ0v) is 18.9. The predicted molar refractivity (Wildman–Crippen MR) is 124 cm³/mol. The smallest absolute Gasteiger partial charge is 0.287 e. The molecule has 33 heavy (non-hydrogen) atoms. The molecule has 1 aliphatic rings. The number of ether oxygens (including phenoxy) is 1. The molecule has 3 rings (SSSR count). The zero-order chi connectivity index (χ0) is 23.6. The fraction of sp³-hybridized carbons (Fsp3) is 0.400. The van der Waals surface area contributed by atoms with Gasteiger partial charge in [0.15, 0.2) is 5.76 Å². The van der Waals surface area contributed by atoms with E-state index in [9.17, 15) is 14.4 Å².